The van der Waals surface area contributed by atoms with Gasteiger partial charge in [-0.2, -0.15) is 0 Å². The predicted molar refractivity (Wildman–Crippen MR) is 97.6 cm³/mol. The van der Waals surface area contributed by atoms with Crippen LogP contribution in [-0.2, 0) is 4.79 Å². The maximum Gasteiger partial charge on any atom is 0.270 e. The highest BCUT2D eigenvalue weighted by Crippen LogP contribution is 2.35. The zero-order valence-electron chi connectivity index (χ0n) is 11.2. The summed E-state index contributed by atoms with van der Waals surface area (Å²) in [4.78, 5) is 14.6. The summed E-state index contributed by atoms with van der Waals surface area (Å²) in [7, 11) is 0. The Labute approximate surface area is 145 Å². The van der Waals surface area contributed by atoms with E-state index in [0.29, 0.717) is 9.23 Å². The molecule has 1 saturated heterocycles. The second-order valence-electron chi connectivity index (χ2n) is 4.39. The van der Waals surface area contributed by atoms with E-state index in [1.165, 1.54) is 11.8 Å². The first-order valence-corrected chi connectivity index (χ1v) is 8.40. The fourth-order valence-corrected chi connectivity index (χ4v) is 3.43. The van der Waals surface area contributed by atoms with Crippen molar-refractivity contribution in [2.24, 2.45) is 0 Å². The number of nitrogens with zero attached hydrogens (tertiary/aromatic N) is 1. The smallest absolute Gasteiger partial charge is 0.270 e. The molecule has 2 heterocycles. The molecule has 22 heavy (non-hydrogen) atoms. The Morgan fingerprint density at radius 2 is 2.00 bits per heavy atom. The predicted octanol–water partition coefficient (Wildman–Crippen LogP) is 5.00. The highest BCUT2D eigenvalue weighted by molar-refractivity contribution is 9.10. The molecule has 1 aromatic heterocycles. The Balaban J connectivity index is 1.80. The van der Waals surface area contributed by atoms with Gasteiger partial charge in [-0.25, -0.2) is 0 Å². The van der Waals surface area contributed by atoms with Gasteiger partial charge in [0.1, 0.15) is 5.76 Å². The van der Waals surface area contributed by atoms with Gasteiger partial charge in [0.25, 0.3) is 5.91 Å². The molecule has 0 aliphatic carbocycles. The molecule has 1 aliphatic rings. The highest BCUT2D eigenvalue weighted by atomic mass is 79.9. The lowest BCUT2D eigenvalue weighted by Gasteiger charge is -2.14. The van der Waals surface area contributed by atoms with Crippen LogP contribution in [0, 0.1) is 0 Å². The molecule has 0 N–H and O–H groups in total. The molecule has 3 nitrogen and oxygen atoms in total. The van der Waals surface area contributed by atoms with E-state index in [2.05, 4.69) is 15.9 Å². The Hall–Kier alpha value is -1.63. The first-order chi connectivity index (χ1) is 10.6. The van der Waals surface area contributed by atoms with E-state index >= 15 is 0 Å². The van der Waals surface area contributed by atoms with E-state index in [9.17, 15) is 4.79 Å². The van der Waals surface area contributed by atoms with Gasteiger partial charge in [-0.15, -0.1) is 0 Å². The number of carbonyl (C=O) groups is 1. The third-order valence-corrected chi connectivity index (χ3v) is 4.78. The molecular weight excluding hydrogens is 382 g/mol. The normalized spacial score (nSPS) is 17.1. The minimum Gasteiger partial charge on any atom is -0.465 e. The van der Waals surface area contributed by atoms with Crippen molar-refractivity contribution in [1.82, 2.24) is 0 Å². The fourth-order valence-electron chi connectivity index (χ4n) is 1.91. The Morgan fingerprint density at radius 1 is 1.23 bits per heavy atom. The van der Waals surface area contributed by atoms with Crippen molar-refractivity contribution in [2.75, 3.05) is 4.90 Å². The Morgan fingerprint density at radius 3 is 2.68 bits per heavy atom. The number of amides is 1. The molecule has 0 atom stereocenters. The topological polar surface area (TPSA) is 33.5 Å². The van der Waals surface area contributed by atoms with Gasteiger partial charge < -0.3 is 4.42 Å². The number of allylic oxidation sites excluding steroid dienone is 2. The first-order valence-electron chi connectivity index (χ1n) is 6.39. The minimum absolute atomic E-state index is 0.110. The average molecular weight is 392 g/mol. The molecule has 0 bridgehead atoms. The number of halogens is 1. The van der Waals surface area contributed by atoms with Crippen molar-refractivity contribution in [3.05, 3.63) is 70.0 Å². The SMILES string of the molecule is O=C1/C(=C/C=C/c2ccco2)SC(=S)N1c1ccc(Br)cc1. The number of furan rings is 1. The van der Waals surface area contributed by atoms with Crippen molar-refractivity contribution in [3.8, 4) is 0 Å². The maximum absolute atomic E-state index is 12.5. The molecule has 0 spiro atoms. The van der Waals surface area contributed by atoms with Gasteiger partial charge in [-0.1, -0.05) is 46.0 Å². The lowest BCUT2D eigenvalue weighted by atomic mass is 10.3. The van der Waals surface area contributed by atoms with Gasteiger partial charge in [0.05, 0.1) is 16.9 Å². The van der Waals surface area contributed by atoms with Crippen molar-refractivity contribution in [1.29, 1.82) is 0 Å². The van der Waals surface area contributed by atoms with E-state index in [1.54, 1.807) is 29.4 Å². The second kappa shape index (κ2) is 6.64. The van der Waals surface area contributed by atoms with Gasteiger partial charge in [0, 0.05) is 4.47 Å². The quantitative estimate of drug-likeness (QED) is 0.544. The standard InChI is InChI=1S/C16H10BrNO2S2/c17-11-6-8-12(9-7-11)18-15(19)14(22-16(18)21)5-1-3-13-4-2-10-20-13/h1-10H/b3-1+,14-5-. The van der Waals surface area contributed by atoms with Crippen molar-refractivity contribution in [3.63, 3.8) is 0 Å². The van der Waals surface area contributed by atoms with E-state index < -0.39 is 0 Å². The van der Waals surface area contributed by atoms with Gasteiger partial charge in [0.15, 0.2) is 4.32 Å². The van der Waals surface area contributed by atoms with Crippen LogP contribution in [0.3, 0.4) is 0 Å². The van der Waals surface area contributed by atoms with Gasteiger partial charge in [-0.3, -0.25) is 9.69 Å². The van der Waals surface area contributed by atoms with Crippen LogP contribution >= 0.6 is 39.9 Å². The number of anilines is 1. The summed E-state index contributed by atoms with van der Waals surface area (Å²) in [5.41, 5.74) is 0.768. The molecule has 6 heteroatoms. The van der Waals surface area contributed by atoms with Crippen LogP contribution in [0.5, 0.6) is 0 Å². The lowest BCUT2D eigenvalue weighted by Crippen LogP contribution is -2.27. The molecule has 2 aromatic rings. The first kappa shape index (κ1) is 15.3. The number of rotatable bonds is 3. The number of hydrogen-bond acceptors (Lipinski definition) is 4. The highest BCUT2D eigenvalue weighted by Gasteiger charge is 2.32. The summed E-state index contributed by atoms with van der Waals surface area (Å²) in [6.45, 7) is 0. The average Bonchev–Trinajstić information content (AvgIpc) is 3.10. The summed E-state index contributed by atoms with van der Waals surface area (Å²) in [5.74, 6) is 0.626. The molecule has 1 aliphatic heterocycles. The second-order valence-corrected chi connectivity index (χ2v) is 6.98. The van der Waals surface area contributed by atoms with Gasteiger partial charge in [0.2, 0.25) is 0 Å². The fraction of sp³-hybridized carbons (Fsp3) is 0. The number of thiocarbonyl (C=S) groups is 1. The molecular formula is C16H10BrNO2S2. The van der Waals surface area contributed by atoms with E-state index in [0.717, 1.165) is 15.9 Å². The van der Waals surface area contributed by atoms with Gasteiger partial charge in [-0.05, 0) is 48.6 Å². The zero-order valence-corrected chi connectivity index (χ0v) is 14.5. The third-order valence-electron chi connectivity index (χ3n) is 2.93. The van der Waals surface area contributed by atoms with Gasteiger partial charge >= 0.3 is 0 Å². The van der Waals surface area contributed by atoms with E-state index in [4.69, 9.17) is 16.6 Å². The number of benzene rings is 1. The maximum atomic E-state index is 12.5. The lowest BCUT2D eigenvalue weighted by molar-refractivity contribution is -0.113. The summed E-state index contributed by atoms with van der Waals surface area (Å²) in [6.07, 6.45) is 6.94. The van der Waals surface area contributed by atoms with Crippen LogP contribution in [0.25, 0.3) is 6.08 Å². The zero-order chi connectivity index (χ0) is 15.5. The van der Waals surface area contributed by atoms with Crippen LogP contribution in [0.1, 0.15) is 5.76 Å². The van der Waals surface area contributed by atoms with Crippen LogP contribution in [0.15, 0.2) is 68.6 Å². The van der Waals surface area contributed by atoms with E-state index in [1.807, 2.05) is 36.4 Å². The van der Waals surface area contributed by atoms with Crippen LogP contribution in [-0.4, -0.2) is 10.2 Å². The summed E-state index contributed by atoms with van der Waals surface area (Å²) < 4.78 is 6.69. The molecule has 1 fully saturated rings. The van der Waals surface area contributed by atoms with E-state index in [-0.39, 0.29) is 5.91 Å². The molecule has 0 radical (unpaired) electrons. The van der Waals surface area contributed by atoms with Crippen LogP contribution in [0.4, 0.5) is 5.69 Å². The van der Waals surface area contributed by atoms with Crippen molar-refractivity contribution >= 4 is 61.9 Å². The Bertz CT molecular complexity index is 764. The van der Waals surface area contributed by atoms with Crippen LogP contribution < -0.4 is 4.90 Å². The molecule has 1 amide bonds. The summed E-state index contributed by atoms with van der Waals surface area (Å²) in [5, 5.41) is 0. The molecule has 110 valence electrons. The number of carbonyl (C=O) groups excluding carboxylic acids is 1. The number of thioether (sulfide) groups is 1. The van der Waals surface area contributed by atoms with Crippen molar-refractivity contribution < 1.29 is 9.21 Å². The molecule has 0 saturated carbocycles. The van der Waals surface area contributed by atoms with Crippen LogP contribution in [0.2, 0.25) is 0 Å². The number of hydrogen-bond donors (Lipinski definition) is 0. The minimum atomic E-state index is -0.110. The molecule has 3 rings (SSSR count). The Kier molecular flexibility index (Phi) is 4.61. The molecule has 1 aromatic carbocycles. The van der Waals surface area contributed by atoms with Crippen molar-refractivity contribution in [2.45, 2.75) is 0 Å². The third kappa shape index (κ3) is 3.24. The summed E-state index contributed by atoms with van der Waals surface area (Å²) in [6, 6.07) is 11.1. The monoisotopic (exact) mass is 391 g/mol. The largest absolute Gasteiger partial charge is 0.465 e. The summed E-state index contributed by atoms with van der Waals surface area (Å²) >= 11 is 9.98. The molecule has 0 unspecified atom stereocenters.